The Morgan fingerprint density at radius 3 is 2.38 bits per heavy atom. The average molecular weight is 238 g/mol. The number of carbonyl (C=O) groups is 2. The van der Waals surface area contributed by atoms with Gasteiger partial charge in [-0.2, -0.15) is 13.2 Å². The van der Waals surface area contributed by atoms with E-state index in [1.165, 1.54) is 13.8 Å². The maximum absolute atomic E-state index is 12.0. The lowest BCUT2D eigenvalue weighted by atomic mass is 10.1. The van der Waals surface area contributed by atoms with E-state index >= 15 is 0 Å². The first-order valence-corrected chi connectivity index (χ1v) is 4.90. The topological polar surface area (TPSA) is 49.4 Å². The molecule has 0 radical (unpaired) electrons. The number of carbonyl (C=O) groups excluding carboxylic acids is 2. The van der Waals surface area contributed by atoms with Crippen LogP contribution in [0.1, 0.15) is 20.3 Å². The quantitative estimate of drug-likeness (QED) is 0.768. The molecule has 1 rings (SSSR count). The highest BCUT2D eigenvalue weighted by molar-refractivity contribution is 5.96. The summed E-state index contributed by atoms with van der Waals surface area (Å²) in [6.45, 7) is 2.39. The molecule has 1 N–H and O–H groups in total. The molecule has 1 heterocycles. The largest absolute Gasteiger partial charge is 0.390 e. The fourth-order valence-electron chi connectivity index (χ4n) is 1.53. The predicted molar refractivity (Wildman–Crippen MR) is 49.5 cm³/mol. The number of alkyl halides is 3. The van der Waals surface area contributed by atoms with Crippen molar-refractivity contribution in [3.63, 3.8) is 0 Å². The number of piperazine rings is 1. The minimum absolute atomic E-state index is 0.422. The summed E-state index contributed by atoms with van der Waals surface area (Å²) in [5.41, 5.74) is 0. The first-order valence-electron chi connectivity index (χ1n) is 4.90. The molecular weight excluding hydrogens is 225 g/mol. The van der Waals surface area contributed by atoms with Gasteiger partial charge < -0.3 is 10.2 Å². The fraction of sp³-hybridized carbons (Fsp3) is 0.778. The van der Waals surface area contributed by atoms with Crippen molar-refractivity contribution in [3.05, 3.63) is 0 Å². The second kappa shape index (κ2) is 4.31. The summed E-state index contributed by atoms with van der Waals surface area (Å²) in [4.78, 5) is 23.8. The molecular formula is C9H13F3N2O2. The van der Waals surface area contributed by atoms with Crippen molar-refractivity contribution in [2.75, 3.05) is 6.54 Å². The molecule has 1 fully saturated rings. The first-order chi connectivity index (χ1) is 7.22. The smallest absolute Gasteiger partial charge is 0.343 e. The van der Waals surface area contributed by atoms with Crippen molar-refractivity contribution in [1.29, 1.82) is 0 Å². The van der Waals surface area contributed by atoms with Crippen LogP contribution in [0.4, 0.5) is 13.2 Å². The van der Waals surface area contributed by atoms with Gasteiger partial charge in [-0.05, 0) is 13.8 Å². The van der Waals surface area contributed by atoms with Gasteiger partial charge in [0.25, 0.3) is 0 Å². The normalized spacial score (nSPS) is 26.9. The predicted octanol–water partition coefficient (Wildman–Crippen LogP) is 0.674. The van der Waals surface area contributed by atoms with E-state index < -0.39 is 43.0 Å². The minimum atomic E-state index is -4.32. The Bertz CT molecular complexity index is 304. The van der Waals surface area contributed by atoms with Gasteiger partial charge in [-0.3, -0.25) is 9.59 Å². The molecule has 2 unspecified atom stereocenters. The van der Waals surface area contributed by atoms with Crippen molar-refractivity contribution in [2.45, 2.75) is 38.5 Å². The molecule has 4 nitrogen and oxygen atoms in total. The van der Waals surface area contributed by atoms with Crippen LogP contribution in [0.2, 0.25) is 0 Å². The molecule has 1 aliphatic heterocycles. The maximum Gasteiger partial charge on any atom is 0.390 e. The standard InChI is InChI=1S/C9H13F3N2O2/c1-5-8(16)14(4-3-9(10,11)12)6(2)7(15)13-5/h5-6H,3-4H2,1-2H3,(H,13,15). The molecule has 0 spiro atoms. The van der Waals surface area contributed by atoms with Gasteiger partial charge in [-0.15, -0.1) is 0 Å². The number of nitrogens with one attached hydrogen (secondary N) is 1. The molecule has 2 amide bonds. The lowest BCUT2D eigenvalue weighted by Gasteiger charge is -2.36. The van der Waals surface area contributed by atoms with Crippen LogP contribution in [0.25, 0.3) is 0 Å². The van der Waals surface area contributed by atoms with Crippen LogP contribution >= 0.6 is 0 Å². The summed E-state index contributed by atoms with van der Waals surface area (Å²) in [5.74, 6) is -0.898. The van der Waals surface area contributed by atoms with Gasteiger partial charge in [0.05, 0.1) is 6.42 Å². The highest BCUT2D eigenvalue weighted by Gasteiger charge is 2.38. The Morgan fingerprint density at radius 2 is 1.88 bits per heavy atom. The summed E-state index contributed by atoms with van der Waals surface area (Å²) in [6.07, 6.45) is -5.42. The summed E-state index contributed by atoms with van der Waals surface area (Å²) in [6, 6.07) is -1.59. The van der Waals surface area contributed by atoms with E-state index in [2.05, 4.69) is 5.32 Å². The first kappa shape index (κ1) is 12.8. The van der Waals surface area contributed by atoms with E-state index in [-0.39, 0.29) is 0 Å². The highest BCUT2D eigenvalue weighted by atomic mass is 19.4. The average Bonchev–Trinajstić information content (AvgIpc) is 2.13. The number of nitrogens with zero attached hydrogens (tertiary/aromatic N) is 1. The third kappa shape index (κ3) is 2.86. The molecule has 0 bridgehead atoms. The lowest BCUT2D eigenvalue weighted by Crippen LogP contribution is -2.61. The van der Waals surface area contributed by atoms with Crippen LogP contribution in [0.15, 0.2) is 0 Å². The second-order valence-corrected chi connectivity index (χ2v) is 3.80. The summed E-state index contributed by atoms with van der Waals surface area (Å²) < 4.78 is 36.1. The molecule has 16 heavy (non-hydrogen) atoms. The Balaban J connectivity index is 2.68. The molecule has 0 aliphatic carbocycles. The van der Waals surface area contributed by atoms with Gasteiger partial charge in [-0.1, -0.05) is 0 Å². The number of halogens is 3. The molecule has 92 valence electrons. The highest BCUT2D eigenvalue weighted by Crippen LogP contribution is 2.21. The van der Waals surface area contributed by atoms with Gasteiger partial charge in [0, 0.05) is 6.54 Å². The molecule has 0 aromatic carbocycles. The van der Waals surface area contributed by atoms with Crippen LogP contribution in [-0.2, 0) is 9.59 Å². The van der Waals surface area contributed by atoms with Crippen molar-refractivity contribution in [2.24, 2.45) is 0 Å². The van der Waals surface area contributed by atoms with E-state index in [1.807, 2.05) is 0 Å². The van der Waals surface area contributed by atoms with E-state index in [0.717, 1.165) is 4.90 Å². The molecule has 1 aliphatic rings. The van der Waals surface area contributed by atoms with Crippen LogP contribution in [-0.4, -0.2) is 41.5 Å². The molecule has 0 saturated carbocycles. The van der Waals surface area contributed by atoms with Crippen LogP contribution < -0.4 is 5.32 Å². The monoisotopic (exact) mass is 238 g/mol. The lowest BCUT2D eigenvalue weighted by molar-refractivity contribution is -0.156. The molecule has 7 heteroatoms. The van der Waals surface area contributed by atoms with Gasteiger partial charge >= 0.3 is 6.18 Å². The SMILES string of the molecule is CC1NC(=O)C(C)N(CCC(F)(F)F)C1=O. The third-order valence-electron chi connectivity index (χ3n) is 2.50. The van der Waals surface area contributed by atoms with E-state index in [9.17, 15) is 22.8 Å². The van der Waals surface area contributed by atoms with E-state index in [4.69, 9.17) is 0 Å². The van der Waals surface area contributed by atoms with Crippen molar-refractivity contribution in [1.82, 2.24) is 10.2 Å². The molecule has 0 aromatic heterocycles. The summed E-state index contributed by atoms with van der Waals surface area (Å²) in [7, 11) is 0. The Hall–Kier alpha value is -1.27. The zero-order chi connectivity index (χ0) is 12.5. The zero-order valence-electron chi connectivity index (χ0n) is 8.97. The van der Waals surface area contributed by atoms with Gasteiger partial charge in [0.2, 0.25) is 11.8 Å². The molecule has 0 aromatic rings. The number of rotatable bonds is 2. The Labute approximate surface area is 90.8 Å². The Kier molecular flexibility index (Phi) is 3.44. The summed E-state index contributed by atoms with van der Waals surface area (Å²) in [5, 5.41) is 2.39. The number of hydrogen-bond acceptors (Lipinski definition) is 2. The fourth-order valence-corrected chi connectivity index (χ4v) is 1.53. The van der Waals surface area contributed by atoms with Crippen LogP contribution in [0.5, 0.6) is 0 Å². The van der Waals surface area contributed by atoms with Crippen LogP contribution in [0, 0.1) is 0 Å². The molecule has 1 saturated heterocycles. The zero-order valence-corrected chi connectivity index (χ0v) is 8.97. The van der Waals surface area contributed by atoms with Gasteiger partial charge in [0.1, 0.15) is 12.1 Å². The van der Waals surface area contributed by atoms with E-state index in [0.29, 0.717) is 0 Å². The second-order valence-electron chi connectivity index (χ2n) is 3.80. The maximum atomic E-state index is 12.0. The van der Waals surface area contributed by atoms with Crippen molar-refractivity contribution < 1.29 is 22.8 Å². The minimum Gasteiger partial charge on any atom is -0.343 e. The number of amides is 2. The van der Waals surface area contributed by atoms with Gasteiger partial charge in [0.15, 0.2) is 0 Å². The van der Waals surface area contributed by atoms with E-state index in [1.54, 1.807) is 0 Å². The summed E-state index contributed by atoms with van der Waals surface area (Å²) >= 11 is 0. The third-order valence-corrected chi connectivity index (χ3v) is 2.50. The Morgan fingerprint density at radius 1 is 1.31 bits per heavy atom. The van der Waals surface area contributed by atoms with Crippen LogP contribution in [0.3, 0.4) is 0 Å². The van der Waals surface area contributed by atoms with Gasteiger partial charge in [-0.25, -0.2) is 0 Å². The molecule has 2 atom stereocenters. The van der Waals surface area contributed by atoms with Crippen molar-refractivity contribution in [3.8, 4) is 0 Å². The van der Waals surface area contributed by atoms with Crippen molar-refractivity contribution >= 4 is 11.8 Å². The number of hydrogen-bond donors (Lipinski definition) is 1.